The largest absolute Gasteiger partial charge is 0.631 e. The predicted molar refractivity (Wildman–Crippen MR) is 12.4 cm³/mol. The van der Waals surface area contributed by atoms with E-state index in [0.717, 1.165) is 0 Å². The quantitative estimate of drug-likeness (QED) is 0.418. The molecule has 0 saturated carbocycles. The van der Waals surface area contributed by atoms with Crippen molar-refractivity contribution in [3.63, 3.8) is 0 Å². The van der Waals surface area contributed by atoms with Gasteiger partial charge in [0.05, 0.1) is 0 Å². The van der Waals surface area contributed by atoms with Crippen molar-refractivity contribution in [1.82, 2.24) is 0 Å². The van der Waals surface area contributed by atoms with E-state index in [1.54, 1.807) is 0 Å². The van der Waals surface area contributed by atoms with E-state index in [9.17, 15) is 0 Å². The number of hydrogen-bond acceptors (Lipinski definition) is 3. The van der Waals surface area contributed by atoms with Crippen LogP contribution >= 0.6 is 0 Å². The van der Waals surface area contributed by atoms with Crippen molar-refractivity contribution >= 4 is 7.32 Å². The third-order valence-electron chi connectivity index (χ3n) is 0. The molecular weight excluding hydrogens is 387 g/mol. The summed E-state index contributed by atoms with van der Waals surface area (Å²) in [5.41, 5.74) is 0. The maximum absolute atomic E-state index is 7.17. The molecule has 0 spiro atoms. The summed E-state index contributed by atoms with van der Waals surface area (Å²) in [5, 5.41) is 21.5. The van der Waals surface area contributed by atoms with Gasteiger partial charge in [0, 0.05) is 102 Å². The molecule has 0 fully saturated rings. The Morgan fingerprint density at radius 3 is 1.00 bits per heavy atom. The van der Waals surface area contributed by atoms with Gasteiger partial charge in [-0.05, 0) is 0 Å². The standard InChI is InChI=1S/BH3O3.La.Nd.Sc/c2-1(3)4;;;/h2-4H;;;. The molecule has 0 heterocycles. The van der Waals surface area contributed by atoms with Gasteiger partial charge in [-0.3, -0.25) is 0 Å². The van der Waals surface area contributed by atoms with Crippen LogP contribution in [0.3, 0.4) is 0 Å². The average Bonchev–Trinajstić information content (AvgIpc) is 0.811. The van der Waals surface area contributed by atoms with E-state index < -0.39 is 7.32 Å². The van der Waals surface area contributed by atoms with Gasteiger partial charge in [-0.2, -0.15) is 0 Å². The molecule has 3 N–H and O–H groups in total. The Balaban J connectivity index is -0.0000000150. The Labute approximate surface area is 122 Å². The summed E-state index contributed by atoms with van der Waals surface area (Å²) in [5.74, 6) is 0. The van der Waals surface area contributed by atoms with Crippen LogP contribution in [0.5, 0.6) is 0 Å². The summed E-state index contributed by atoms with van der Waals surface area (Å²) in [6.07, 6.45) is 0. The molecular formula is H3BLaNdO3Sc. The van der Waals surface area contributed by atoms with E-state index in [-0.39, 0.29) is 102 Å². The van der Waals surface area contributed by atoms with Crippen LogP contribution in [0, 0.1) is 76.4 Å². The molecule has 0 bridgehead atoms. The van der Waals surface area contributed by atoms with Crippen LogP contribution in [0.25, 0.3) is 0 Å². The van der Waals surface area contributed by atoms with Crippen molar-refractivity contribution in [1.29, 1.82) is 0 Å². The Hall–Kier alpha value is 3.36. The van der Waals surface area contributed by atoms with Crippen LogP contribution in [0.1, 0.15) is 0 Å². The molecule has 34 valence electrons. The zero-order chi connectivity index (χ0) is 3.58. The predicted octanol–water partition coefficient (Wildman–Crippen LogP) is -2.05. The zero-order valence-electron chi connectivity index (χ0n) is 3.57. The fraction of sp³-hybridized carbons (Fsp3) is 0. The van der Waals surface area contributed by atoms with E-state index in [1.165, 1.54) is 0 Å². The topological polar surface area (TPSA) is 60.7 Å². The Morgan fingerprint density at radius 1 is 1.00 bits per heavy atom. The molecule has 0 aromatic rings. The van der Waals surface area contributed by atoms with Crippen molar-refractivity contribution in [3.05, 3.63) is 0 Å². The average molecular weight is 390 g/mol. The minimum absolute atomic E-state index is 0. The minimum atomic E-state index is -2.17. The van der Waals surface area contributed by atoms with E-state index >= 15 is 0 Å². The third-order valence-corrected chi connectivity index (χ3v) is 0. The van der Waals surface area contributed by atoms with E-state index in [4.69, 9.17) is 15.1 Å². The molecule has 0 atom stereocenters. The molecule has 0 aromatic carbocycles. The van der Waals surface area contributed by atoms with Crippen molar-refractivity contribution in [2.75, 3.05) is 0 Å². The minimum Gasteiger partial charge on any atom is -0.402 e. The van der Waals surface area contributed by atoms with Gasteiger partial charge in [0.1, 0.15) is 0 Å². The second-order valence-electron chi connectivity index (χ2n) is 0.346. The molecule has 0 saturated heterocycles. The molecule has 0 aliphatic carbocycles. The zero-order valence-corrected chi connectivity index (χ0v) is 12.2. The van der Waals surface area contributed by atoms with Gasteiger partial charge in [0.2, 0.25) is 0 Å². The Morgan fingerprint density at radius 2 is 1.00 bits per heavy atom. The van der Waals surface area contributed by atoms with Crippen LogP contribution in [0.15, 0.2) is 0 Å². The maximum Gasteiger partial charge on any atom is 0.631 e. The molecule has 2 radical (unpaired) electrons. The summed E-state index contributed by atoms with van der Waals surface area (Å²) < 4.78 is 0. The van der Waals surface area contributed by atoms with Crippen LogP contribution < -0.4 is 0 Å². The van der Waals surface area contributed by atoms with Crippen LogP contribution in [0.2, 0.25) is 0 Å². The van der Waals surface area contributed by atoms with Crippen LogP contribution in [0.4, 0.5) is 0 Å². The van der Waals surface area contributed by atoms with Crippen molar-refractivity contribution in [3.8, 4) is 0 Å². The van der Waals surface area contributed by atoms with Crippen molar-refractivity contribution in [2.45, 2.75) is 0 Å². The van der Waals surface area contributed by atoms with Crippen LogP contribution in [-0.4, -0.2) is 22.4 Å². The molecule has 7 heteroatoms. The maximum atomic E-state index is 7.17. The SMILES string of the molecule is OB(O)O.[La].[Nd].[Sc]. The summed E-state index contributed by atoms with van der Waals surface area (Å²) in [6, 6.07) is 0. The summed E-state index contributed by atoms with van der Waals surface area (Å²) in [6.45, 7) is 0. The molecule has 3 nitrogen and oxygen atoms in total. The fourth-order valence-electron chi connectivity index (χ4n) is 0. The molecule has 0 rings (SSSR count). The van der Waals surface area contributed by atoms with Gasteiger partial charge in [-0.15, -0.1) is 0 Å². The van der Waals surface area contributed by atoms with E-state index in [0.29, 0.717) is 0 Å². The van der Waals surface area contributed by atoms with Crippen molar-refractivity contribution in [2.24, 2.45) is 0 Å². The Bertz CT molecular complexity index is 19.7. The fourth-order valence-corrected chi connectivity index (χ4v) is 0. The van der Waals surface area contributed by atoms with E-state index in [2.05, 4.69) is 0 Å². The second-order valence-corrected chi connectivity index (χ2v) is 0.346. The van der Waals surface area contributed by atoms with Crippen molar-refractivity contribution < 1.29 is 117 Å². The number of hydrogen-bond donors (Lipinski definition) is 3. The summed E-state index contributed by atoms with van der Waals surface area (Å²) >= 11 is 0. The summed E-state index contributed by atoms with van der Waals surface area (Å²) in [4.78, 5) is 0. The van der Waals surface area contributed by atoms with Crippen LogP contribution in [-0.2, 0) is 25.8 Å². The monoisotopic (exact) mass is 388 g/mol. The smallest absolute Gasteiger partial charge is 0.402 e. The molecule has 7 heavy (non-hydrogen) atoms. The molecule has 0 aliphatic rings. The molecule has 0 aromatic heterocycles. The van der Waals surface area contributed by atoms with E-state index in [1.807, 2.05) is 0 Å². The van der Waals surface area contributed by atoms with Gasteiger partial charge in [-0.25, -0.2) is 0 Å². The number of rotatable bonds is 0. The third kappa shape index (κ3) is 44.9. The summed E-state index contributed by atoms with van der Waals surface area (Å²) in [7, 11) is -2.17. The normalized spacial score (nSPS) is 3.86. The van der Waals surface area contributed by atoms with Gasteiger partial charge < -0.3 is 15.1 Å². The van der Waals surface area contributed by atoms with Gasteiger partial charge in [0.25, 0.3) is 0 Å². The van der Waals surface area contributed by atoms with Gasteiger partial charge in [0.15, 0.2) is 0 Å². The van der Waals surface area contributed by atoms with Gasteiger partial charge >= 0.3 is 7.32 Å². The second kappa shape index (κ2) is 16.2. The first-order valence-electron chi connectivity index (χ1n) is 0.775. The molecule has 0 unspecified atom stereocenters. The molecule has 0 aliphatic heterocycles. The first-order valence-corrected chi connectivity index (χ1v) is 0.775. The van der Waals surface area contributed by atoms with Gasteiger partial charge in [-0.1, -0.05) is 0 Å². The first-order chi connectivity index (χ1) is 1.73. The first kappa shape index (κ1) is 22.4. The Kier molecular flexibility index (Phi) is 51.8. The molecule has 0 amide bonds.